The minimum atomic E-state index is -0.779. The molecule has 2 amide bonds. The first-order valence-corrected chi connectivity index (χ1v) is 7.21. The Morgan fingerprint density at radius 1 is 1.11 bits per heavy atom. The van der Waals surface area contributed by atoms with Crippen molar-refractivity contribution in [2.45, 2.75) is 52.4 Å². The fourth-order valence-electron chi connectivity index (χ4n) is 2.48. The van der Waals surface area contributed by atoms with Crippen LogP contribution in [0.4, 0.5) is 4.79 Å². The van der Waals surface area contributed by atoms with E-state index in [9.17, 15) is 14.7 Å². The summed E-state index contributed by atoms with van der Waals surface area (Å²) in [6.07, 6.45) is 5.37. The number of carbonyl (C=O) groups is 2. The van der Waals surface area contributed by atoms with Crippen LogP contribution in [0.5, 0.6) is 0 Å². The number of hydrogen-bond donors (Lipinski definition) is 3. The van der Waals surface area contributed by atoms with Gasteiger partial charge in [-0.2, -0.15) is 0 Å². The lowest BCUT2D eigenvalue weighted by Gasteiger charge is -2.28. The normalized spacial score (nSPS) is 18.7. The molecular weight excluding hydrogens is 244 g/mol. The van der Waals surface area contributed by atoms with E-state index >= 15 is 0 Å². The smallest absolute Gasteiger partial charge is 0.314 e. The van der Waals surface area contributed by atoms with E-state index in [-0.39, 0.29) is 12.6 Å². The Bertz CT molecular complexity index is 308. The number of carbonyl (C=O) groups excluding carboxylic acids is 1. The van der Waals surface area contributed by atoms with Crippen LogP contribution in [0.25, 0.3) is 0 Å². The van der Waals surface area contributed by atoms with Crippen molar-refractivity contribution >= 4 is 12.0 Å². The van der Waals surface area contributed by atoms with Crippen LogP contribution in [-0.2, 0) is 4.79 Å². The van der Waals surface area contributed by atoms with Gasteiger partial charge in [0.05, 0.1) is 5.41 Å². The Morgan fingerprint density at radius 2 is 1.68 bits per heavy atom. The number of urea groups is 1. The predicted molar refractivity (Wildman–Crippen MR) is 74.0 cm³/mol. The molecule has 0 unspecified atom stereocenters. The van der Waals surface area contributed by atoms with Gasteiger partial charge in [0, 0.05) is 13.1 Å². The molecular formula is C14H26N2O3. The quantitative estimate of drug-likeness (QED) is 0.671. The van der Waals surface area contributed by atoms with Crippen LogP contribution in [0.15, 0.2) is 0 Å². The second kappa shape index (κ2) is 7.36. The third-order valence-corrected chi connectivity index (χ3v) is 3.77. The molecule has 3 N–H and O–H groups in total. The van der Waals surface area contributed by atoms with Crippen LogP contribution < -0.4 is 10.6 Å². The van der Waals surface area contributed by atoms with Gasteiger partial charge in [-0.05, 0) is 18.8 Å². The first-order chi connectivity index (χ1) is 8.96. The molecule has 0 radical (unpaired) electrons. The highest BCUT2D eigenvalue weighted by molar-refractivity contribution is 5.78. The number of carboxylic acid groups (broad SMARTS) is 1. The van der Waals surface area contributed by atoms with Gasteiger partial charge in [0.2, 0.25) is 0 Å². The minimum absolute atomic E-state index is 0.228. The number of amides is 2. The van der Waals surface area contributed by atoms with E-state index in [0.29, 0.717) is 25.3 Å². The second-order valence-electron chi connectivity index (χ2n) is 5.96. The van der Waals surface area contributed by atoms with E-state index in [0.717, 1.165) is 25.7 Å². The summed E-state index contributed by atoms with van der Waals surface area (Å²) in [5.74, 6) is -0.393. The van der Waals surface area contributed by atoms with Gasteiger partial charge < -0.3 is 15.7 Å². The molecule has 110 valence electrons. The number of carboxylic acids is 1. The van der Waals surface area contributed by atoms with Gasteiger partial charge in [-0.3, -0.25) is 4.79 Å². The van der Waals surface area contributed by atoms with Crippen LogP contribution >= 0.6 is 0 Å². The fraction of sp³-hybridized carbons (Fsp3) is 0.857. The number of rotatable bonds is 5. The zero-order valence-electron chi connectivity index (χ0n) is 12.0. The lowest BCUT2D eigenvalue weighted by atomic mass is 9.80. The van der Waals surface area contributed by atoms with Crippen LogP contribution in [-0.4, -0.2) is 30.2 Å². The molecule has 5 heteroatoms. The van der Waals surface area contributed by atoms with Crippen LogP contribution in [0, 0.1) is 11.3 Å². The van der Waals surface area contributed by atoms with E-state index < -0.39 is 11.4 Å². The Morgan fingerprint density at radius 3 is 2.16 bits per heavy atom. The summed E-state index contributed by atoms with van der Waals surface area (Å²) in [7, 11) is 0. The number of nitrogens with one attached hydrogen (secondary N) is 2. The topological polar surface area (TPSA) is 78.4 Å². The van der Waals surface area contributed by atoms with Crippen molar-refractivity contribution in [2.24, 2.45) is 11.3 Å². The maximum Gasteiger partial charge on any atom is 0.314 e. The third-order valence-electron chi connectivity index (χ3n) is 3.77. The molecule has 0 bridgehead atoms. The van der Waals surface area contributed by atoms with E-state index in [1.54, 1.807) is 0 Å². The monoisotopic (exact) mass is 270 g/mol. The van der Waals surface area contributed by atoms with Gasteiger partial charge >= 0.3 is 12.0 Å². The fourth-order valence-corrected chi connectivity index (χ4v) is 2.48. The SMILES string of the molecule is CC(C)CNC(=O)NCC1(C(=O)O)CCCCCC1. The van der Waals surface area contributed by atoms with Crippen molar-refractivity contribution in [3.8, 4) is 0 Å². The molecule has 0 aromatic heterocycles. The van der Waals surface area contributed by atoms with Gasteiger partial charge in [-0.15, -0.1) is 0 Å². The first-order valence-electron chi connectivity index (χ1n) is 7.21. The van der Waals surface area contributed by atoms with E-state index in [1.807, 2.05) is 13.8 Å². The lowest BCUT2D eigenvalue weighted by molar-refractivity contribution is -0.149. The Balaban J connectivity index is 2.49. The highest BCUT2D eigenvalue weighted by Gasteiger charge is 2.38. The van der Waals surface area contributed by atoms with Gasteiger partial charge in [0.1, 0.15) is 0 Å². The summed E-state index contributed by atoms with van der Waals surface area (Å²) >= 11 is 0. The summed E-state index contributed by atoms with van der Waals surface area (Å²) < 4.78 is 0. The number of aliphatic carboxylic acids is 1. The van der Waals surface area contributed by atoms with Crippen molar-refractivity contribution in [3.63, 3.8) is 0 Å². The molecule has 1 rings (SSSR count). The van der Waals surface area contributed by atoms with Crippen molar-refractivity contribution in [2.75, 3.05) is 13.1 Å². The molecule has 1 aliphatic carbocycles. The summed E-state index contributed by atoms with van der Waals surface area (Å²) in [6, 6.07) is -0.265. The summed E-state index contributed by atoms with van der Waals surface area (Å²) in [5.41, 5.74) is -0.772. The Kier molecular flexibility index (Phi) is 6.12. The molecule has 0 heterocycles. The molecule has 0 saturated heterocycles. The Labute approximate surface area is 115 Å². The van der Waals surface area contributed by atoms with Crippen molar-refractivity contribution < 1.29 is 14.7 Å². The lowest BCUT2D eigenvalue weighted by Crippen LogP contribution is -2.46. The van der Waals surface area contributed by atoms with Crippen LogP contribution in [0.2, 0.25) is 0 Å². The maximum atomic E-state index is 11.6. The third kappa shape index (κ3) is 5.09. The molecule has 19 heavy (non-hydrogen) atoms. The molecule has 0 spiro atoms. The first kappa shape index (κ1) is 15.8. The minimum Gasteiger partial charge on any atom is -0.481 e. The highest BCUT2D eigenvalue weighted by Crippen LogP contribution is 2.34. The van der Waals surface area contributed by atoms with E-state index in [2.05, 4.69) is 10.6 Å². The standard InChI is InChI=1S/C14H26N2O3/c1-11(2)9-15-13(19)16-10-14(12(17)18)7-5-3-4-6-8-14/h11H,3-10H2,1-2H3,(H,17,18)(H2,15,16,19). The molecule has 0 aromatic rings. The molecule has 0 aliphatic heterocycles. The van der Waals surface area contributed by atoms with Crippen molar-refractivity contribution in [1.82, 2.24) is 10.6 Å². The van der Waals surface area contributed by atoms with Crippen LogP contribution in [0.3, 0.4) is 0 Å². The van der Waals surface area contributed by atoms with Crippen LogP contribution in [0.1, 0.15) is 52.4 Å². The van der Waals surface area contributed by atoms with E-state index in [1.165, 1.54) is 0 Å². The molecule has 5 nitrogen and oxygen atoms in total. The zero-order valence-corrected chi connectivity index (χ0v) is 12.0. The van der Waals surface area contributed by atoms with Gasteiger partial charge in [-0.25, -0.2) is 4.79 Å². The molecule has 0 atom stereocenters. The summed E-state index contributed by atoms with van der Waals surface area (Å²) in [6.45, 7) is 4.87. The predicted octanol–water partition coefficient (Wildman–Crippen LogP) is 2.37. The highest BCUT2D eigenvalue weighted by atomic mass is 16.4. The number of hydrogen-bond acceptors (Lipinski definition) is 2. The molecule has 1 saturated carbocycles. The zero-order chi connectivity index (χ0) is 14.3. The molecule has 0 aromatic carbocycles. The second-order valence-corrected chi connectivity index (χ2v) is 5.96. The average molecular weight is 270 g/mol. The molecule has 1 aliphatic rings. The van der Waals surface area contributed by atoms with Crippen molar-refractivity contribution in [1.29, 1.82) is 0 Å². The van der Waals surface area contributed by atoms with Gasteiger partial charge in [0.25, 0.3) is 0 Å². The molecule has 1 fully saturated rings. The maximum absolute atomic E-state index is 11.6. The average Bonchev–Trinajstić information content (AvgIpc) is 2.60. The van der Waals surface area contributed by atoms with Gasteiger partial charge in [-0.1, -0.05) is 39.5 Å². The van der Waals surface area contributed by atoms with E-state index in [4.69, 9.17) is 0 Å². The summed E-state index contributed by atoms with van der Waals surface area (Å²) in [5, 5.41) is 15.0. The van der Waals surface area contributed by atoms with Gasteiger partial charge in [0.15, 0.2) is 0 Å². The Hall–Kier alpha value is -1.26. The largest absolute Gasteiger partial charge is 0.481 e. The summed E-state index contributed by atoms with van der Waals surface area (Å²) in [4.78, 5) is 23.2. The van der Waals surface area contributed by atoms with Crippen molar-refractivity contribution in [3.05, 3.63) is 0 Å².